The number of hydrogen-bond acceptors (Lipinski definition) is 4. The molecule has 4 nitrogen and oxygen atoms in total. The summed E-state index contributed by atoms with van der Waals surface area (Å²) in [6, 6.07) is 11.9. The highest BCUT2D eigenvalue weighted by Crippen LogP contribution is 2.27. The van der Waals surface area contributed by atoms with Crippen molar-refractivity contribution in [3.8, 4) is 6.07 Å². The van der Waals surface area contributed by atoms with E-state index in [1.54, 1.807) is 0 Å². The van der Waals surface area contributed by atoms with Gasteiger partial charge in [0.05, 0.1) is 11.3 Å². The monoisotopic (exact) mass is 365 g/mol. The van der Waals surface area contributed by atoms with E-state index in [1.807, 2.05) is 37.3 Å². The molecule has 1 N–H and O–H groups in total. The number of rotatable bonds is 4. The van der Waals surface area contributed by atoms with Gasteiger partial charge in [-0.2, -0.15) is 5.26 Å². The maximum Gasteiger partial charge on any atom is 0.234 e. The molecule has 2 aromatic rings. The molecule has 1 amide bonds. The third-order valence-electron chi connectivity index (χ3n) is 4.65. The summed E-state index contributed by atoms with van der Waals surface area (Å²) >= 11 is 1.34. The molecule has 5 heteroatoms. The van der Waals surface area contributed by atoms with Crippen molar-refractivity contribution in [1.29, 1.82) is 5.26 Å². The Bertz CT molecular complexity index is 842. The molecule has 0 unspecified atom stereocenters. The van der Waals surface area contributed by atoms with E-state index >= 15 is 0 Å². The number of nitriles is 1. The standard InChI is InChI=1S/C21H23N3OS/c1-15-8-6-7-10-18(15)23-20(25)14-26-21-17(13-22)12-16-9-4-2-3-5-11-19(16)24-21/h6-8,10,12H,2-5,9,11,14H2,1H3,(H,23,25). The number of aromatic nitrogens is 1. The molecule has 134 valence electrons. The zero-order valence-electron chi connectivity index (χ0n) is 15.0. The van der Waals surface area contributed by atoms with E-state index < -0.39 is 0 Å². The van der Waals surface area contributed by atoms with Crippen molar-refractivity contribution in [2.75, 3.05) is 11.1 Å². The number of benzene rings is 1. The first kappa shape index (κ1) is 18.5. The van der Waals surface area contributed by atoms with Crippen LogP contribution in [0.15, 0.2) is 35.4 Å². The Balaban J connectivity index is 1.70. The minimum atomic E-state index is -0.0817. The highest BCUT2D eigenvalue weighted by molar-refractivity contribution is 8.00. The summed E-state index contributed by atoms with van der Waals surface area (Å²) in [4.78, 5) is 17.0. The Morgan fingerprint density at radius 1 is 1.23 bits per heavy atom. The van der Waals surface area contributed by atoms with Gasteiger partial charge in [-0.15, -0.1) is 0 Å². The van der Waals surface area contributed by atoms with Gasteiger partial charge in [-0.25, -0.2) is 4.98 Å². The zero-order valence-corrected chi connectivity index (χ0v) is 15.9. The van der Waals surface area contributed by atoms with Gasteiger partial charge in [-0.05, 0) is 55.9 Å². The lowest BCUT2D eigenvalue weighted by Crippen LogP contribution is -2.15. The van der Waals surface area contributed by atoms with Crippen LogP contribution < -0.4 is 5.32 Å². The lowest BCUT2D eigenvalue weighted by Gasteiger charge is -2.15. The fraction of sp³-hybridized carbons (Fsp3) is 0.381. The van der Waals surface area contributed by atoms with Gasteiger partial charge < -0.3 is 5.32 Å². The summed E-state index contributed by atoms with van der Waals surface area (Å²) in [6.45, 7) is 1.97. The molecule has 1 aliphatic rings. The van der Waals surface area contributed by atoms with E-state index in [9.17, 15) is 10.1 Å². The molecule has 0 saturated carbocycles. The van der Waals surface area contributed by atoms with Gasteiger partial charge in [0.1, 0.15) is 11.1 Å². The minimum absolute atomic E-state index is 0.0817. The molecule has 1 heterocycles. The maximum atomic E-state index is 12.3. The summed E-state index contributed by atoms with van der Waals surface area (Å²) in [5, 5.41) is 13.1. The normalized spacial score (nSPS) is 13.8. The van der Waals surface area contributed by atoms with Crippen LogP contribution in [0, 0.1) is 18.3 Å². The Hall–Kier alpha value is -2.32. The van der Waals surface area contributed by atoms with Crippen LogP contribution in [0.25, 0.3) is 0 Å². The van der Waals surface area contributed by atoms with Crippen LogP contribution in [0.4, 0.5) is 5.69 Å². The van der Waals surface area contributed by atoms with Crippen LogP contribution in [0.2, 0.25) is 0 Å². The van der Waals surface area contributed by atoms with E-state index in [4.69, 9.17) is 4.98 Å². The molecule has 0 spiro atoms. The fourth-order valence-electron chi connectivity index (χ4n) is 3.19. The molecule has 0 saturated heterocycles. The van der Waals surface area contributed by atoms with Gasteiger partial charge in [0, 0.05) is 11.4 Å². The number of anilines is 1. The first-order valence-corrected chi connectivity index (χ1v) is 10.1. The molecule has 0 radical (unpaired) electrons. The van der Waals surface area contributed by atoms with Gasteiger partial charge in [-0.3, -0.25) is 4.79 Å². The summed E-state index contributed by atoms with van der Waals surface area (Å²) in [5.74, 6) is 0.163. The largest absolute Gasteiger partial charge is 0.325 e. The number of pyridine rings is 1. The molecule has 1 aliphatic carbocycles. The van der Waals surface area contributed by atoms with Crippen LogP contribution >= 0.6 is 11.8 Å². The van der Waals surface area contributed by atoms with Crippen LogP contribution in [-0.2, 0) is 17.6 Å². The Labute approximate surface area is 159 Å². The predicted octanol–water partition coefficient (Wildman–Crippen LogP) is 4.65. The van der Waals surface area contributed by atoms with E-state index in [0.29, 0.717) is 10.6 Å². The maximum absolute atomic E-state index is 12.3. The number of carbonyl (C=O) groups excluding carboxylic acids is 1. The smallest absolute Gasteiger partial charge is 0.234 e. The molecular weight excluding hydrogens is 342 g/mol. The predicted molar refractivity (Wildman–Crippen MR) is 105 cm³/mol. The topological polar surface area (TPSA) is 65.8 Å². The van der Waals surface area contributed by atoms with E-state index in [0.717, 1.165) is 42.6 Å². The number of para-hydroxylation sites is 1. The second kappa shape index (κ2) is 8.86. The number of nitrogens with one attached hydrogen (secondary N) is 1. The Morgan fingerprint density at radius 2 is 2.00 bits per heavy atom. The first-order valence-electron chi connectivity index (χ1n) is 9.08. The summed E-state index contributed by atoms with van der Waals surface area (Å²) in [7, 11) is 0. The lowest BCUT2D eigenvalue weighted by molar-refractivity contribution is -0.113. The third-order valence-corrected chi connectivity index (χ3v) is 5.64. The molecule has 0 bridgehead atoms. The van der Waals surface area contributed by atoms with Crippen molar-refractivity contribution < 1.29 is 4.79 Å². The molecule has 1 aromatic heterocycles. The molecule has 3 rings (SSSR count). The average molecular weight is 366 g/mol. The number of carbonyl (C=O) groups is 1. The Kier molecular flexibility index (Phi) is 6.30. The second-order valence-electron chi connectivity index (χ2n) is 6.62. The summed E-state index contributed by atoms with van der Waals surface area (Å²) < 4.78 is 0. The van der Waals surface area contributed by atoms with Crippen molar-refractivity contribution in [1.82, 2.24) is 4.98 Å². The average Bonchev–Trinajstić information content (AvgIpc) is 2.62. The molecule has 0 aliphatic heterocycles. The van der Waals surface area contributed by atoms with Gasteiger partial charge in [0.15, 0.2) is 0 Å². The highest BCUT2D eigenvalue weighted by atomic mass is 32.2. The Morgan fingerprint density at radius 3 is 2.77 bits per heavy atom. The van der Waals surface area contributed by atoms with Crippen molar-refractivity contribution in [3.63, 3.8) is 0 Å². The number of nitrogens with zero attached hydrogens (tertiary/aromatic N) is 2. The van der Waals surface area contributed by atoms with Gasteiger partial charge >= 0.3 is 0 Å². The number of amides is 1. The van der Waals surface area contributed by atoms with Crippen LogP contribution in [-0.4, -0.2) is 16.6 Å². The van der Waals surface area contributed by atoms with Crippen molar-refractivity contribution in [2.24, 2.45) is 0 Å². The zero-order chi connectivity index (χ0) is 18.4. The van der Waals surface area contributed by atoms with Crippen LogP contribution in [0.5, 0.6) is 0 Å². The van der Waals surface area contributed by atoms with Gasteiger partial charge in [0.2, 0.25) is 5.91 Å². The molecule has 1 aromatic carbocycles. The third kappa shape index (κ3) is 4.64. The van der Waals surface area contributed by atoms with E-state index in [-0.39, 0.29) is 11.7 Å². The van der Waals surface area contributed by atoms with Crippen LogP contribution in [0.1, 0.15) is 48.1 Å². The van der Waals surface area contributed by atoms with Crippen molar-refractivity contribution in [3.05, 3.63) is 52.7 Å². The van der Waals surface area contributed by atoms with Crippen molar-refractivity contribution >= 4 is 23.4 Å². The first-order chi connectivity index (χ1) is 12.7. The van der Waals surface area contributed by atoms with Gasteiger partial charge in [-0.1, -0.05) is 42.8 Å². The quantitative estimate of drug-likeness (QED) is 0.801. The highest BCUT2D eigenvalue weighted by Gasteiger charge is 2.15. The number of hydrogen-bond donors (Lipinski definition) is 1. The van der Waals surface area contributed by atoms with E-state index in [1.165, 1.54) is 30.2 Å². The SMILES string of the molecule is Cc1ccccc1NC(=O)CSc1nc2c(cc1C#N)CCCCCC2. The summed E-state index contributed by atoms with van der Waals surface area (Å²) in [6.07, 6.45) is 6.74. The van der Waals surface area contributed by atoms with Crippen LogP contribution in [0.3, 0.4) is 0 Å². The lowest BCUT2D eigenvalue weighted by atomic mass is 9.96. The number of aryl methyl sites for hydroxylation is 3. The van der Waals surface area contributed by atoms with Gasteiger partial charge in [0.25, 0.3) is 0 Å². The second-order valence-corrected chi connectivity index (χ2v) is 7.59. The number of fused-ring (bicyclic) bond motifs is 1. The molecule has 0 atom stereocenters. The van der Waals surface area contributed by atoms with E-state index in [2.05, 4.69) is 11.4 Å². The minimum Gasteiger partial charge on any atom is -0.325 e. The summed E-state index contributed by atoms with van der Waals surface area (Å²) in [5.41, 5.74) is 4.74. The van der Waals surface area contributed by atoms with Crippen molar-refractivity contribution in [2.45, 2.75) is 50.5 Å². The molecule has 0 fully saturated rings. The molecular formula is C21H23N3OS. The molecule has 26 heavy (non-hydrogen) atoms. The number of thioether (sulfide) groups is 1. The fourth-order valence-corrected chi connectivity index (χ4v) is 3.97.